The van der Waals surface area contributed by atoms with Crippen molar-refractivity contribution in [2.24, 2.45) is 0 Å². The highest BCUT2D eigenvalue weighted by molar-refractivity contribution is 7.17. The Morgan fingerprint density at radius 2 is 2.00 bits per heavy atom. The first-order chi connectivity index (χ1) is 9.07. The van der Waals surface area contributed by atoms with Crippen molar-refractivity contribution in [1.82, 2.24) is 0 Å². The summed E-state index contributed by atoms with van der Waals surface area (Å²) in [6, 6.07) is 6.91. The minimum Gasteiger partial charge on any atom is -0.199 e. The largest absolute Gasteiger partial charge is 0.218 e. The van der Waals surface area contributed by atoms with E-state index in [0.29, 0.717) is 0 Å². The van der Waals surface area contributed by atoms with Gasteiger partial charge in [0.2, 0.25) is 5.69 Å². The first-order valence-corrected chi connectivity index (χ1v) is 8.07. The number of hydrogen-bond acceptors (Lipinski definition) is 1. The Balaban J connectivity index is 2.26. The first kappa shape index (κ1) is 12.9. The lowest BCUT2D eigenvalue weighted by atomic mass is 9.82. The fraction of sp³-hybridized carbons (Fsp3) is 0.471. The van der Waals surface area contributed by atoms with Crippen LogP contribution >= 0.6 is 11.3 Å². The van der Waals surface area contributed by atoms with Crippen LogP contribution in [0.25, 0.3) is 10.1 Å². The third-order valence-electron chi connectivity index (χ3n) is 4.59. The first-order valence-electron chi connectivity index (χ1n) is 7.19. The van der Waals surface area contributed by atoms with E-state index >= 15 is 0 Å². The molecule has 1 aromatic carbocycles. The molecule has 19 heavy (non-hydrogen) atoms. The molecule has 100 valence electrons. The van der Waals surface area contributed by atoms with E-state index in [1.165, 1.54) is 39.9 Å². The van der Waals surface area contributed by atoms with Gasteiger partial charge in [-0.2, -0.15) is 4.58 Å². The van der Waals surface area contributed by atoms with Crippen LogP contribution in [0.1, 0.15) is 46.1 Å². The molecule has 0 spiro atoms. The van der Waals surface area contributed by atoms with Gasteiger partial charge in [-0.25, -0.2) is 0 Å². The van der Waals surface area contributed by atoms with Gasteiger partial charge >= 0.3 is 0 Å². The fourth-order valence-electron chi connectivity index (χ4n) is 3.12. The lowest BCUT2D eigenvalue weighted by Gasteiger charge is -2.14. The second-order valence-corrected chi connectivity index (χ2v) is 6.96. The van der Waals surface area contributed by atoms with Crippen molar-refractivity contribution in [2.75, 3.05) is 6.54 Å². The zero-order valence-electron chi connectivity index (χ0n) is 12.3. The SMILES string of the molecule is CCCC[N+]1=C(C)C(C)(C)c2ccc3sccc3c21. The number of rotatable bonds is 3. The molecule has 3 rings (SSSR count). The molecule has 0 fully saturated rings. The molecule has 0 saturated heterocycles. The zero-order chi connectivity index (χ0) is 13.6. The van der Waals surface area contributed by atoms with Gasteiger partial charge in [0.05, 0.1) is 10.8 Å². The summed E-state index contributed by atoms with van der Waals surface area (Å²) >= 11 is 1.84. The minimum atomic E-state index is 0.166. The van der Waals surface area contributed by atoms with E-state index < -0.39 is 0 Å². The van der Waals surface area contributed by atoms with Gasteiger partial charge in [-0.05, 0) is 37.4 Å². The number of nitrogens with zero attached hydrogens (tertiary/aromatic N) is 1. The molecule has 2 heterocycles. The average Bonchev–Trinajstić information content (AvgIpc) is 2.92. The Kier molecular flexibility index (Phi) is 3.01. The van der Waals surface area contributed by atoms with Crippen molar-refractivity contribution in [1.29, 1.82) is 0 Å². The molecule has 0 radical (unpaired) electrons. The summed E-state index contributed by atoms with van der Waals surface area (Å²) in [5, 5.41) is 3.65. The highest BCUT2D eigenvalue weighted by atomic mass is 32.1. The molecule has 0 amide bonds. The van der Waals surface area contributed by atoms with E-state index in [1.54, 1.807) is 0 Å². The van der Waals surface area contributed by atoms with Crippen LogP contribution in [0.15, 0.2) is 23.6 Å². The molecule has 1 aliphatic heterocycles. The lowest BCUT2D eigenvalue weighted by molar-refractivity contribution is -0.438. The molecule has 0 unspecified atom stereocenters. The maximum atomic E-state index is 2.56. The molecule has 0 bridgehead atoms. The van der Waals surface area contributed by atoms with Crippen molar-refractivity contribution >= 4 is 32.8 Å². The zero-order valence-corrected chi connectivity index (χ0v) is 13.1. The molecular formula is C17H22NS+. The van der Waals surface area contributed by atoms with Crippen LogP contribution in [0.3, 0.4) is 0 Å². The standard InChI is InChI=1S/C17H22NS/c1-5-6-10-18-12(2)17(3,4)14-7-8-15-13(16(14)18)9-11-19-15/h7-9,11H,5-6,10H2,1-4H3/q+1. The third-order valence-corrected chi connectivity index (χ3v) is 5.48. The second kappa shape index (κ2) is 4.45. The maximum Gasteiger partial charge on any atom is 0.218 e. The number of benzene rings is 1. The van der Waals surface area contributed by atoms with E-state index in [1.807, 2.05) is 11.3 Å². The normalized spacial score (nSPS) is 17.3. The van der Waals surface area contributed by atoms with Gasteiger partial charge in [0.1, 0.15) is 6.54 Å². The average molecular weight is 272 g/mol. The topological polar surface area (TPSA) is 3.01 Å². The predicted octanol–water partition coefficient (Wildman–Crippen LogP) is 5.10. The van der Waals surface area contributed by atoms with Crippen LogP contribution in [0.4, 0.5) is 5.69 Å². The molecule has 0 atom stereocenters. The van der Waals surface area contributed by atoms with Crippen molar-refractivity contribution in [3.63, 3.8) is 0 Å². The molecule has 1 aromatic heterocycles. The van der Waals surface area contributed by atoms with Crippen molar-refractivity contribution in [3.05, 3.63) is 29.1 Å². The van der Waals surface area contributed by atoms with Crippen LogP contribution in [-0.4, -0.2) is 16.8 Å². The summed E-state index contributed by atoms with van der Waals surface area (Å²) in [5.41, 5.74) is 4.62. The van der Waals surface area contributed by atoms with Crippen LogP contribution in [0.2, 0.25) is 0 Å². The maximum absolute atomic E-state index is 2.56. The van der Waals surface area contributed by atoms with Crippen LogP contribution in [-0.2, 0) is 5.41 Å². The summed E-state index contributed by atoms with van der Waals surface area (Å²) in [5.74, 6) is 0. The van der Waals surface area contributed by atoms with E-state index in [0.717, 1.165) is 6.54 Å². The van der Waals surface area contributed by atoms with E-state index in [2.05, 4.69) is 55.8 Å². The molecule has 1 aliphatic rings. The van der Waals surface area contributed by atoms with Gasteiger partial charge in [0, 0.05) is 23.6 Å². The minimum absolute atomic E-state index is 0.166. The molecule has 0 N–H and O–H groups in total. The predicted molar refractivity (Wildman–Crippen MR) is 85.2 cm³/mol. The van der Waals surface area contributed by atoms with Gasteiger partial charge in [0.25, 0.3) is 0 Å². The van der Waals surface area contributed by atoms with Gasteiger partial charge < -0.3 is 0 Å². The molecule has 2 aromatic rings. The van der Waals surface area contributed by atoms with Crippen molar-refractivity contribution in [2.45, 2.75) is 46.0 Å². The quantitative estimate of drug-likeness (QED) is 0.684. The summed E-state index contributed by atoms with van der Waals surface area (Å²) in [6.45, 7) is 10.4. The summed E-state index contributed by atoms with van der Waals surface area (Å²) in [6.07, 6.45) is 2.51. The highest BCUT2D eigenvalue weighted by Crippen LogP contribution is 2.44. The Labute approximate surface area is 119 Å². The second-order valence-electron chi connectivity index (χ2n) is 6.01. The number of hydrogen-bond donors (Lipinski definition) is 0. The van der Waals surface area contributed by atoms with Gasteiger partial charge in [-0.1, -0.05) is 13.3 Å². The van der Waals surface area contributed by atoms with Gasteiger partial charge in [-0.3, -0.25) is 0 Å². The van der Waals surface area contributed by atoms with Crippen LogP contribution < -0.4 is 0 Å². The van der Waals surface area contributed by atoms with E-state index in [4.69, 9.17) is 0 Å². The Bertz CT molecular complexity index is 661. The summed E-state index contributed by atoms with van der Waals surface area (Å²) in [7, 11) is 0. The van der Waals surface area contributed by atoms with Crippen LogP contribution in [0.5, 0.6) is 0 Å². The monoisotopic (exact) mass is 272 g/mol. The molecule has 1 nitrogen and oxygen atoms in total. The van der Waals surface area contributed by atoms with E-state index in [9.17, 15) is 0 Å². The Morgan fingerprint density at radius 3 is 2.74 bits per heavy atom. The van der Waals surface area contributed by atoms with E-state index in [-0.39, 0.29) is 5.41 Å². The number of thiophene rings is 1. The number of unbranched alkanes of at least 4 members (excludes halogenated alkanes) is 1. The molecular weight excluding hydrogens is 250 g/mol. The van der Waals surface area contributed by atoms with Gasteiger partial charge in [-0.15, -0.1) is 11.3 Å². The fourth-order valence-corrected chi connectivity index (χ4v) is 3.91. The van der Waals surface area contributed by atoms with Crippen molar-refractivity contribution < 1.29 is 4.58 Å². The van der Waals surface area contributed by atoms with Crippen LogP contribution in [0, 0.1) is 0 Å². The molecule has 0 aliphatic carbocycles. The molecule has 0 saturated carbocycles. The summed E-state index contributed by atoms with van der Waals surface area (Å²) < 4.78 is 3.97. The van der Waals surface area contributed by atoms with Gasteiger partial charge in [0.15, 0.2) is 5.71 Å². The third kappa shape index (κ3) is 1.77. The summed E-state index contributed by atoms with van der Waals surface area (Å²) in [4.78, 5) is 0. The Morgan fingerprint density at radius 1 is 1.21 bits per heavy atom. The molecule has 2 heteroatoms. The Hall–Kier alpha value is -1.15. The number of fused-ring (bicyclic) bond motifs is 3. The smallest absolute Gasteiger partial charge is 0.199 e. The highest BCUT2D eigenvalue weighted by Gasteiger charge is 2.43. The van der Waals surface area contributed by atoms with Crippen molar-refractivity contribution in [3.8, 4) is 0 Å². The lowest BCUT2D eigenvalue weighted by Crippen LogP contribution is -2.26.